The molecule has 6 nitrogen and oxygen atoms in total. The molecule has 1 atom stereocenters. The van der Waals surface area contributed by atoms with Gasteiger partial charge < -0.3 is 10.1 Å². The van der Waals surface area contributed by atoms with E-state index in [0.717, 1.165) is 10.6 Å². The van der Waals surface area contributed by atoms with E-state index in [1.807, 2.05) is 0 Å². The molecule has 0 saturated heterocycles. The zero-order chi connectivity index (χ0) is 20.7. The van der Waals surface area contributed by atoms with Crippen molar-refractivity contribution >= 4 is 44.8 Å². The van der Waals surface area contributed by atoms with Crippen LogP contribution in [0.5, 0.6) is 5.75 Å². The number of sulfonamides is 1. The summed E-state index contributed by atoms with van der Waals surface area (Å²) >= 11 is 11.8. The molecule has 2 aromatic rings. The van der Waals surface area contributed by atoms with Crippen LogP contribution in [-0.4, -0.2) is 39.8 Å². The van der Waals surface area contributed by atoms with Gasteiger partial charge in [-0.1, -0.05) is 36.2 Å². The van der Waals surface area contributed by atoms with Gasteiger partial charge in [0.1, 0.15) is 18.4 Å². The van der Waals surface area contributed by atoms with Crippen LogP contribution in [0.25, 0.3) is 0 Å². The second kappa shape index (κ2) is 10.0. The molecule has 9 heteroatoms. The number of amides is 1. The van der Waals surface area contributed by atoms with Crippen LogP contribution in [-0.2, 0) is 14.8 Å². The Labute approximate surface area is 175 Å². The Bertz CT molecular complexity index is 904. The Hall–Kier alpha value is -1.96. The molecule has 0 fully saturated rings. The van der Waals surface area contributed by atoms with Crippen LogP contribution >= 0.6 is 23.2 Å². The summed E-state index contributed by atoms with van der Waals surface area (Å²) in [5.41, 5.74) is 0.342. The molecule has 0 bridgehead atoms. The van der Waals surface area contributed by atoms with Gasteiger partial charge in [-0.05, 0) is 48.9 Å². The van der Waals surface area contributed by atoms with Gasteiger partial charge in [0.05, 0.1) is 18.5 Å². The maximum absolute atomic E-state index is 12.7. The molecule has 0 radical (unpaired) electrons. The fourth-order valence-corrected chi connectivity index (χ4v) is 4.18. The normalized spacial score (nSPS) is 12.3. The average Bonchev–Trinajstić information content (AvgIpc) is 2.63. The molecule has 2 rings (SSSR count). The molecular weight excluding hydrogens is 423 g/mol. The van der Waals surface area contributed by atoms with Gasteiger partial charge >= 0.3 is 0 Å². The van der Waals surface area contributed by atoms with Gasteiger partial charge in [0, 0.05) is 10.0 Å². The van der Waals surface area contributed by atoms with Crippen molar-refractivity contribution in [2.75, 3.05) is 23.7 Å². The molecule has 0 unspecified atom stereocenters. The van der Waals surface area contributed by atoms with E-state index >= 15 is 0 Å². The molecule has 1 N–H and O–H groups in total. The van der Waals surface area contributed by atoms with E-state index in [4.69, 9.17) is 27.9 Å². The van der Waals surface area contributed by atoms with Crippen LogP contribution in [0.1, 0.15) is 13.3 Å². The zero-order valence-corrected chi connectivity index (χ0v) is 17.9. The summed E-state index contributed by atoms with van der Waals surface area (Å²) in [5, 5.41) is 3.71. The summed E-state index contributed by atoms with van der Waals surface area (Å²) in [6.07, 6.45) is 1.36. The monoisotopic (exact) mass is 444 g/mol. The standard InChI is InChI=1S/C19H22Cl2N2O4S/c1-3-18(23(28(2,25)26)16-6-4-5-15(21)13-16)19(24)22-11-12-27-17-9-7-14(20)8-10-17/h4-10,13,18H,3,11-12H2,1-2H3,(H,22,24)/t18-/m0/s1. The van der Waals surface area contributed by atoms with Crippen molar-refractivity contribution in [1.82, 2.24) is 5.32 Å². The number of rotatable bonds is 9. The first-order valence-corrected chi connectivity index (χ1v) is 11.2. The Morgan fingerprint density at radius 1 is 1.14 bits per heavy atom. The highest BCUT2D eigenvalue weighted by Gasteiger charge is 2.31. The molecule has 152 valence electrons. The molecule has 0 aliphatic heterocycles. The average molecular weight is 445 g/mol. The number of halogens is 2. The lowest BCUT2D eigenvalue weighted by Crippen LogP contribution is -2.50. The number of carbonyl (C=O) groups excluding carboxylic acids is 1. The van der Waals surface area contributed by atoms with Gasteiger partial charge in [0.15, 0.2) is 0 Å². The van der Waals surface area contributed by atoms with Crippen LogP contribution in [0, 0.1) is 0 Å². The van der Waals surface area contributed by atoms with Crippen LogP contribution in [0.15, 0.2) is 48.5 Å². The third kappa shape index (κ3) is 6.29. The van der Waals surface area contributed by atoms with Crippen molar-refractivity contribution in [2.45, 2.75) is 19.4 Å². The van der Waals surface area contributed by atoms with Gasteiger partial charge in [-0.2, -0.15) is 0 Å². The maximum atomic E-state index is 12.7. The van der Waals surface area contributed by atoms with Gasteiger partial charge in [-0.3, -0.25) is 9.10 Å². The Balaban J connectivity index is 2.04. The van der Waals surface area contributed by atoms with Gasteiger partial charge in [0.25, 0.3) is 0 Å². The van der Waals surface area contributed by atoms with E-state index in [1.165, 1.54) is 6.07 Å². The molecule has 2 aromatic carbocycles. The molecule has 0 aliphatic rings. The first-order chi connectivity index (χ1) is 13.2. The fraction of sp³-hybridized carbons (Fsp3) is 0.316. The molecule has 0 spiro atoms. The number of nitrogens with one attached hydrogen (secondary N) is 1. The number of hydrogen-bond donors (Lipinski definition) is 1. The van der Waals surface area contributed by atoms with Crippen molar-refractivity contribution in [3.63, 3.8) is 0 Å². The molecule has 0 saturated carbocycles. The minimum Gasteiger partial charge on any atom is -0.492 e. The number of nitrogens with zero attached hydrogens (tertiary/aromatic N) is 1. The summed E-state index contributed by atoms with van der Waals surface area (Å²) in [4.78, 5) is 12.7. The minimum atomic E-state index is -3.70. The molecule has 0 heterocycles. The number of carbonyl (C=O) groups is 1. The molecule has 0 aliphatic carbocycles. The first-order valence-electron chi connectivity index (χ1n) is 8.63. The Morgan fingerprint density at radius 3 is 2.39 bits per heavy atom. The zero-order valence-electron chi connectivity index (χ0n) is 15.6. The Kier molecular flexibility index (Phi) is 7.98. The lowest BCUT2D eigenvalue weighted by Gasteiger charge is -2.30. The predicted molar refractivity (Wildman–Crippen MR) is 113 cm³/mol. The van der Waals surface area contributed by atoms with Crippen molar-refractivity contribution in [3.8, 4) is 5.75 Å². The highest BCUT2D eigenvalue weighted by atomic mass is 35.5. The van der Waals surface area contributed by atoms with Crippen molar-refractivity contribution in [1.29, 1.82) is 0 Å². The molecular formula is C19H22Cl2N2O4S. The van der Waals surface area contributed by atoms with E-state index in [2.05, 4.69) is 5.32 Å². The van der Waals surface area contributed by atoms with Crippen molar-refractivity contribution in [3.05, 3.63) is 58.6 Å². The smallest absolute Gasteiger partial charge is 0.244 e. The third-order valence-electron chi connectivity index (χ3n) is 3.88. The minimum absolute atomic E-state index is 0.227. The van der Waals surface area contributed by atoms with Crippen LogP contribution in [0.3, 0.4) is 0 Å². The van der Waals surface area contributed by atoms with Crippen molar-refractivity contribution in [2.24, 2.45) is 0 Å². The Morgan fingerprint density at radius 2 is 1.82 bits per heavy atom. The summed E-state index contributed by atoms with van der Waals surface area (Å²) in [6.45, 7) is 2.21. The summed E-state index contributed by atoms with van der Waals surface area (Å²) in [7, 11) is -3.70. The topological polar surface area (TPSA) is 75.7 Å². The van der Waals surface area contributed by atoms with E-state index in [0.29, 0.717) is 27.9 Å². The largest absolute Gasteiger partial charge is 0.492 e. The number of benzene rings is 2. The first kappa shape index (κ1) is 22.3. The van der Waals surface area contributed by atoms with E-state index in [-0.39, 0.29) is 13.2 Å². The van der Waals surface area contributed by atoms with Gasteiger partial charge in [0.2, 0.25) is 15.9 Å². The van der Waals surface area contributed by atoms with E-state index < -0.39 is 22.0 Å². The number of ether oxygens (including phenoxy) is 1. The quantitative estimate of drug-likeness (QED) is 0.597. The SMILES string of the molecule is CC[C@@H](C(=O)NCCOc1ccc(Cl)cc1)N(c1cccc(Cl)c1)S(C)(=O)=O. The maximum Gasteiger partial charge on any atom is 0.244 e. The summed E-state index contributed by atoms with van der Waals surface area (Å²) < 4.78 is 31.3. The van der Waals surface area contributed by atoms with E-state index in [9.17, 15) is 13.2 Å². The predicted octanol–water partition coefficient (Wildman–Crippen LogP) is 3.73. The molecule has 1 amide bonds. The van der Waals surface area contributed by atoms with E-state index in [1.54, 1.807) is 49.4 Å². The van der Waals surface area contributed by atoms with Crippen LogP contribution in [0.2, 0.25) is 10.0 Å². The molecule has 0 aromatic heterocycles. The highest BCUT2D eigenvalue weighted by molar-refractivity contribution is 7.92. The molecule has 28 heavy (non-hydrogen) atoms. The van der Waals surface area contributed by atoms with Crippen LogP contribution < -0.4 is 14.4 Å². The lowest BCUT2D eigenvalue weighted by atomic mass is 10.2. The van der Waals surface area contributed by atoms with Crippen LogP contribution in [0.4, 0.5) is 5.69 Å². The summed E-state index contributed by atoms with van der Waals surface area (Å²) in [5.74, 6) is 0.218. The third-order valence-corrected chi connectivity index (χ3v) is 5.54. The van der Waals surface area contributed by atoms with Crippen molar-refractivity contribution < 1.29 is 17.9 Å². The lowest BCUT2D eigenvalue weighted by molar-refractivity contribution is -0.122. The van der Waals surface area contributed by atoms with Gasteiger partial charge in [-0.25, -0.2) is 8.42 Å². The van der Waals surface area contributed by atoms with Gasteiger partial charge in [-0.15, -0.1) is 0 Å². The highest BCUT2D eigenvalue weighted by Crippen LogP contribution is 2.25. The number of anilines is 1. The summed E-state index contributed by atoms with van der Waals surface area (Å²) in [6, 6.07) is 12.4. The second-order valence-corrected chi connectivity index (χ2v) is 8.79. The number of hydrogen-bond acceptors (Lipinski definition) is 4. The fourth-order valence-electron chi connectivity index (χ4n) is 2.67. The second-order valence-electron chi connectivity index (χ2n) is 6.06.